The van der Waals surface area contributed by atoms with Crippen molar-refractivity contribution in [3.05, 3.63) is 39.7 Å². The van der Waals surface area contributed by atoms with Gasteiger partial charge < -0.3 is 0 Å². The van der Waals surface area contributed by atoms with Gasteiger partial charge in [0.1, 0.15) is 0 Å². The van der Waals surface area contributed by atoms with E-state index in [0.29, 0.717) is 4.54 Å². The van der Waals surface area contributed by atoms with E-state index in [0.717, 1.165) is 6.20 Å². The summed E-state index contributed by atoms with van der Waals surface area (Å²) in [4.78, 5) is 20.8. The number of aromatic nitrogens is 2. The molecule has 46 valence electrons. The summed E-state index contributed by atoms with van der Waals surface area (Å²) in [5.74, 6) is 0. The van der Waals surface area contributed by atoms with Gasteiger partial charge in [-0.2, -0.15) is 0 Å². The molecule has 0 aromatic carbocycles. The Bertz CT molecular complexity index is 274. The highest BCUT2D eigenvalue weighted by molar-refractivity contribution is 4.84. The number of rotatable bonds is 0. The van der Waals surface area contributed by atoms with Crippen LogP contribution < -0.4 is 9.97 Å². The molecule has 0 aliphatic rings. The predicted molar refractivity (Wildman–Crippen MR) is 30.4 cm³/mol. The van der Waals surface area contributed by atoms with Crippen LogP contribution in [0.2, 0.25) is 0 Å². The molecule has 4 heteroatoms. The molecule has 0 atom stereocenters. The van der Waals surface area contributed by atoms with Gasteiger partial charge >= 0.3 is 0 Å². The summed E-state index contributed by atoms with van der Waals surface area (Å²) >= 11 is 0. The van der Waals surface area contributed by atoms with Gasteiger partial charge in [-0.25, -0.2) is 0 Å². The van der Waals surface area contributed by atoms with Gasteiger partial charge in [-0.15, -0.1) is 5.10 Å². The molecule has 1 N–H and O–H groups in total. The molecular formula is C5H5N2O2+. The Hall–Kier alpha value is -1.45. The Balaban J connectivity index is 3.51. The zero-order chi connectivity index (χ0) is 6.69. The van der Waals surface area contributed by atoms with Crippen molar-refractivity contribution in [2.75, 3.05) is 0 Å². The Morgan fingerprint density at radius 1 is 1.44 bits per heavy atom. The lowest BCUT2D eigenvalue weighted by molar-refractivity contribution is -0.563. The first kappa shape index (κ1) is 5.68. The molecule has 0 bridgehead atoms. The fourth-order valence-electron chi connectivity index (χ4n) is 0.433. The normalized spacial score (nSPS) is 8.89. The summed E-state index contributed by atoms with van der Waals surface area (Å²) in [5.41, 5.74) is -0.194. The van der Waals surface area contributed by atoms with E-state index in [1.54, 1.807) is 0 Å². The summed E-state index contributed by atoms with van der Waals surface area (Å²) in [6, 6.07) is 2.46. The van der Waals surface area contributed by atoms with Gasteiger partial charge in [0, 0.05) is 6.07 Å². The summed E-state index contributed by atoms with van der Waals surface area (Å²) in [6.45, 7) is 0. The second-order valence-corrected chi connectivity index (χ2v) is 1.51. The number of hydrogen-bond donors (Lipinski definition) is 1. The number of nitrogens with zero attached hydrogens (tertiary/aromatic N) is 1. The molecule has 1 aromatic heterocycles. The molecule has 0 fully saturated rings. The van der Waals surface area contributed by atoms with Gasteiger partial charge in [-0.3, -0.25) is 4.79 Å². The molecule has 0 amide bonds. The molecule has 0 aliphatic heterocycles. The van der Waals surface area contributed by atoms with Crippen molar-refractivity contribution in [1.29, 1.82) is 0 Å². The van der Waals surface area contributed by atoms with Crippen LogP contribution in [-0.2, 0) is 0 Å². The number of aromatic amines is 1. The van der Waals surface area contributed by atoms with Crippen LogP contribution >= 0.6 is 0 Å². The van der Waals surface area contributed by atoms with Crippen molar-refractivity contribution < 1.29 is 4.54 Å². The van der Waals surface area contributed by atoms with Crippen molar-refractivity contribution in [2.24, 2.45) is 0 Å². The third-order valence-electron chi connectivity index (χ3n) is 0.824. The topological polar surface area (TPSA) is 55.8 Å². The largest absolute Gasteiger partial charge is 0.290 e. The molecule has 9 heavy (non-hydrogen) atoms. The second-order valence-electron chi connectivity index (χ2n) is 1.51. The summed E-state index contributed by atoms with van der Waals surface area (Å²) in [7, 11) is 0. The average molecular weight is 125 g/mol. The lowest BCUT2D eigenvalue weighted by Gasteiger charge is -1.52. The molecule has 4 nitrogen and oxygen atoms in total. The molecule has 1 rings (SSSR count). The molecule has 1 heterocycles. The highest BCUT2D eigenvalue weighted by atomic mass is 16.3. The number of nitrogens with one attached hydrogen (secondary N) is 1. The van der Waals surface area contributed by atoms with E-state index in [9.17, 15) is 9.70 Å². The minimum Gasteiger partial charge on any atom is -0.290 e. The van der Waals surface area contributed by atoms with Crippen LogP contribution in [0, 0.1) is 4.91 Å². The lowest BCUT2D eigenvalue weighted by Crippen LogP contribution is -2.14. The minimum atomic E-state index is -0.194. The van der Waals surface area contributed by atoms with Gasteiger partial charge in [0.25, 0.3) is 6.20 Å². The van der Waals surface area contributed by atoms with E-state index in [1.165, 1.54) is 18.3 Å². The van der Waals surface area contributed by atoms with Crippen molar-refractivity contribution in [1.82, 2.24) is 5.10 Å². The van der Waals surface area contributed by atoms with Crippen molar-refractivity contribution in [3.8, 4) is 0 Å². The van der Waals surface area contributed by atoms with Gasteiger partial charge in [0.15, 0.2) is 9.97 Å². The monoisotopic (exact) mass is 125 g/mol. The molecule has 0 spiro atoms. The summed E-state index contributed by atoms with van der Waals surface area (Å²) < 4.78 is 0.446. The van der Waals surface area contributed by atoms with Crippen LogP contribution in [0.3, 0.4) is 0 Å². The van der Waals surface area contributed by atoms with Crippen LogP contribution in [0.25, 0.3) is 0 Å². The van der Waals surface area contributed by atoms with E-state index >= 15 is 0 Å². The van der Waals surface area contributed by atoms with Gasteiger partial charge in [-0.05, 0) is 0 Å². The van der Waals surface area contributed by atoms with Gasteiger partial charge in [0.05, 0.1) is 17.2 Å². The summed E-state index contributed by atoms with van der Waals surface area (Å²) in [6.07, 6.45) is 2.40. The molecule has 1 aromatic rings. The van der Waals surface area contributed by atoms with Crippen LogP contribution in [0.15, 0.2) is 29.3 Å². The van der Waals surface area contributed by atoms with Crippen LogP contribution in [0.5, 0.6) is 0 Å². The van der Waals surface area contributed by atoms with Crippen molar-refractivity contribution >= 4 is 0 Å². The smallest absolute Gasteiger partial charge is 0.261 e. The Labute approximate surface area is 50.4 Å². The maximum atomic E-state index is 10.4. The first-order valence-electron chi connectivity index (χ1n) is 2.40. The van der Waals surface area contributed by atoms with Gasteiger partial charge in [0.2, 0.25) is 0 Å². The fourth-order valence-corrected chi connectivity index (χ4v) is 0.433. The van der Waals surface area contributed by atoms with E-state index in [2.05, 4.69) is 5.10 Å². The zero-order valence-corrected chi connectivity index (χ0v) is 4.57. The Kier molecular flexibility index (Phi) is 1.40. The van der Waals surface area contributed by atoms with Crippen molar-refractivity contribution in [3.63, 3.8) is 0 Å². The predicted octanol–water partition coefficient (Wildman–Crippen LogP) is -0.711. The molecule has 0 unspecified atom stereocenters. The van der Waals surface area contributed by atoms with E-state index in [-0.39, 0.29) is 5.43 Å². The van der Waals surface area contributed by atoms with E-state index in [1.807, 2.05) is 0 Å². The lowest BCUT2D eigenvalue weighted by atomic mass is 10.5. The zero-order valence-electron chi connectivity index (χ0n) is 4.57. The maximum Gasteiger partial charge on any atom is 0.261 e. The number of H-pyrrole nitrogens is 1. The SMILES string of the molecule is O=c1cc[nH][n+](=O)cc1. The highest BCUT2D eigenvalue weighted by Crippen LogP contribution is 1.57. The molecule has 0 aliphatic carbocycles. The average Bonchev–Trinajstić information content (AvgIpc) is 1.97. The number of hydrogen-bond acceptors (Lipinski definition) is 2. The fraction of sp³-hybridized carbons (Fsp3) is 0. The van der Waals surface area contributed by atoms with E-state index in [4.69, 9.17) is 0 Å². The van der Waals surface area contributed by atoms with Gasteiger partial charge in [-0.1, -0.05) is 0 Å². The minimum absolute atomic E-state index is 0.194. The maximum absolute atomic E-state index is 10.4. The molecule has 0 saturated carbocycles. The van der Waals surface area contributed by atoms with Crippen LogP contribution in [-0.4, -0.2) is 5.10 Å². The van der Waals surface area contributed by atoms with E-state index < -0.39 is 0 Å². The highest BCUT2D eigenvalue weighted by Gasteiger charge is 1.83. The van der Waals surface area contributed by atoms with Crippen LogP contribution in [0.4, 0.5) is 0 Å². The first-order chi connectivity index (χ1) is 4.29. The summed E-state index contributed by atoms with van der Waals surface area (Å²) in [5, 5.41) is 2.26. The Morgan fingerprint density at radius 3 is 3.00 bits per heavy atom. The molecular weight excluding hydrogens is 120 g/mol. The Morgan fingerprint density at radius 2 is 2.22 bits per heavy atom. The molecule has 0 radical (unpaired) electrons. The standard InChI is InChI=1S/C5H4N2O2/c8-5-1-3-6-7(9)4-2-5/h1-4H/p+1. The quantitative estimate of drug-likeness (QED) is 0.465. The molecule has 0 saturated heterocycles. The third kappa shape index (κ3) is 1.49. The van der Waals surface area contributed by atoms with Crippen LogP contribution in [0.1, 0.15) is 0 Å². The van der Waals surface area contributed by atoms with Crippen molar-refractivity contribution in [2.45, 2.75) is 0 Å². The second kappa shape index (κ2) is 2.21. The third-order valence-corrected chi connectivity index (χ3v) is 0.824. The first-order valence-corrected chi connectivity index (χ1v) is 2.40.